The molecule has 1 saturated heterocycles. The summed E-state index contributed by atoms with van der Waals surface area (Å²) in [6, 6.07) is 17.3. The van der Waals surface area contributed by atoms with Gasteiger partial charge >= 0.3 is 0 Å². The van der Waals surface area contributed by atoms with Crippen LogP contribution in [0.25, 0.3) is 21.8 Å². The van der Waals surface area contributed by atoms with Crippen molar-refractivity contribution in [3.8, 4) is 27.5 Å². The van der Waals surface area contributed by atoms with Crippen LogP contribution < -0.4 is 26.6 Å². The molecule has 8 rings (SSSR count). The van der Waals surface area contributed by atoms with E-state index in [4.69, 9.17) is 4.52 Å². The predicted octanol–water partition coefficient (Wildman–Crippen LogP) is 4.44. The molecule has 0 bridgehead atoms. The molecule has 2 aliphatic carbocycles. The molecule has 5 atom stereocenters. The van der Waals surface area contributed by atoms with Gasteiger partial charge < -0.3 is 51.1 Å². The van der Waals surface area contributed by atoms with Gasteiger partial charge in [0.2, 0.25) is 23.6 Å². The molecule has 2 aromatic heterocycles. The minimum Gasteiger partial charge on any atom is -0.507 e. The molecule has 0 spiro atoms. The topological polar surface area (TPSA) is 265 Å². The van der Waals surface area contributed by atoms with Crippen LogP contribution in [0.4, 0.5) is 4.39 Å². The summed E-state index contributed by atoms with van der Waals surface area (Å²) in [5.41, 5.74) is 3.70. The average molecular weight is 1030 g/mol. The number of carbonyl (C=O) groups is 7. The zero-order valence-electron chi connectivity index (χ0n) is 41.7. The van der Waals surface area contributed by atoms with Crippen molar-refractivity contribution < 1.29 is 52.7 Å². The van der Waals surface area contributed by atoms with Gasteiger partial charge in [0.05, 0.1) is 52.8 Å². The number of aromatic nitrogens is 2. The second kappa shape index (κ2) is 21.9. The second-order valence-corrected chi connectivity index (χ2v) is 21.1. The molecule has 1 aliphatic heterocycles. The van der Waals surface area contributed by atoms with Gasteiger partial charge in [-0.25, -0.2) is 9.37 Å². The van der Waals surface area contributed by atoms with Crippen LogP contribution in [0.1, 0.15) is 108 Å². The van der Waals surface area contributed by atoms with Gasteiger partial charge in [-0.15, -0.1) is 11.3 Å². The highest BCUT2D eigenvalue weighted by Gasteiger charge is 2.53. The number of aliphatic hydroxyl groups is 1. The zero-order valence-corrected chi connectivity index (χ0v) is 42.5. The van der Waals surface area contributed by atoms with Gasteiger partial charge in [0.15, 0.2) is 17.1 Å². The Labute approximate surface area is 430 Å². The summed E-state index contributed by atoms with van der Waals surface area (Å²) in [4.78, 5) is 102. The van der Waals surface area contributed by atoms with Crippen LogP contribution in [0.15, 0.2) is 82.8 Å². The van der Waals surface area contributed by atoms with E-state index in [1.807, 2.05) is 43.3 Å². The maximum Gasteiger partial charge on any atom is 0.273 e. The first kappa shape index (κ1) is 52.8. The van der Waals surface area contributed by atoms with E-state index in [0.717, 1.165) is 34.5 Å². The van der Waals surface area contributed by atoms with E-state index in [1.165, 1.54) is 51.9 Å². The fourth-order valence-corrected chi connectivity index (χ4v) is 9.99. The number of amides is 7. The maximum atomic E-state index is 14.7. The normalized spacial score (nSPS) is 18.4. The number of aromatic hydroxyl groups is 1. The molecule has 21 heteroatoms. The van der Waals surface area contributed by atoms with E-state index in [-0.39, 0.29) is 74.1 Å². The fraction of sp³-hybridized carbons (Fsp3) is 0.415. The lowest BCUT2D eigenvalue weighted by atomic mass is 9.85. The quantitative estimate of drug-likeness (QED) is 0.0643. The summed E-state index contributed by atoms with van der Waals surface area (Å²) in [5, 5.41) is 39.2. The monoisotopic (exact) mass is 1030 g/mol. The third-order valence-electron chi connectivity index (χ3n) is 13.6. The minimum absolute atomic E-state index is 0.00768. The molecule has 5 aromatic rings. The Morgan fingerprint density at radius 1 is 0.959 bits per heavy atom. The van der Waals surface area contributed by atoms with Gasteiger partial charge in [0.25, 0.3) is 17.7 Å². The number of thiazole rings is 1. The van der Waals surface area contributed by atoms with E-state index in [0.29, 0.717) is 11.1 Å². The highest BCUT2D eigenvalue weighted by molar-refractivity contribution is 7.13. The number of aliphatic hydroxyl groups excluding tert-OH is 1. The largest absolute Gasteiger partial charge is 0.507 e. The smallest absolute Gasteiger partial charge is 0.273 e. The number of aryl methyl sites for hydroxylation is 2. The number of carbonyl (C=O) groups excluding carboxylic acids is 7. The number of rotatable bonds is 18. The Morgan fingerprint density at radius 2 is 1.69 bits per heavy atom. The number of nitrogens with zero attached hydrogens (tertiary/aromatic N) is 4. The zero-order chi connectivity index (χ0) is 53.1. The highest BCUT2D eigenvalue weighted by Crippen LogP contribution is 2.41. The van der Waals surface area contributed by atoms with E-state index in [1.54, 1.807) is 44.5 Å². The van der Waals surface area contributed by atoms with Crippen LogP contribution in [0, 0.1) is 12.3 Å². The Bertz CT molecular complexity index is 2950. The number of benzene rings is 3. The first-order valence-electron chi connectivity index (χ1n) is 24.5. The van der Waals surface area contributed by atoms with Gasteiger partial charge in [0.1, 0.15) is 17.8 Å². The molecule has 19 nitrogen and oxygen atoms in total. The first-order chi connectivity index (χ1) is 35.2. The SMILES string of the molecule is Cc1ncsc1-c1ccc(C(CC(=O)NCC(=O)NCCN(C)C(=O)c2ccc(-c3cc(C(=O)N[C@@H]4CCc5ccccc54)no3)cc2O)NC(=O)[C@@H]2C[C@@H](O)CN2C(=O)C(NC(=O)C2(F)CC2)C(C)(C)C)cc1. The van der Waals surface area contributed by atoms with E-state index in [9.17, 15) is 48.2 Å². The molecular formula is C53H60FN9O10S. The Morgan fingerprint density at radius 3 is 2.38 bits per heavy atom. The summed E-state index contributed by atoms with van der Waals surface area (Å²) in [6.07, 6.45) is 0.182. The third-order valence-corrected chi connectivity index (χ3v) is 14.6. The number of fused-ring (bicyclic) bond motifs is 1. The summed E-state index contributed by atoms with van der Waals surface area (Å²) >= 11 is 1.46. The summed E-state index contributed by atoms with van der Waals surface area (Å²) in [6.45, 7) is 6.35. The molecule has 3 aliphatic rings. The number of likely N-dealkylation sites (N-methyl/N-ethyl adjacent to an activating group) is 1. The van der Waals surface area contributed by atoms with Crippen molar-refractivity contribution in [3.63, 3.8) is 0 Å². The second-order valence-electron chi connectivity index (χ2n) is 20.2. The summed E-state index contributed by atoms with van der Waals surface area (Å²) in [7, 11) is 1.49. The van der Waals surface area contributed by atoms with Crippen molar-refractivity contribution in [2.24, 2.45) is 5.41 Å². The molecule has 3 heterocycles. The van der Waals surface area contributed by atoms with Gasteiger partial charge in [0, 0.05) is 44.7 Å². The van der Waals surface area contributed by atoms with Crippen LogP contribution in [0.2, 0.25) is 0 Å². The Hall–Kier alpha value is -7.52. The number of hydrogen-bond acceptors (Lipinski definition) is 13. The molecule has 2 unspecified atom stereocenters. The third kappa shape index (κ3) is 12.1. The van der Waals surface area contributed by atoms with Crippen molar-refractivity contribution in [1.82, 2.24) is 46.5 Å². The minimum atomic E-state index is -2.05. The number of likely N-dealkylation sites (tertiary alicyclic amines) is 1. The number of halogens is 1. The molecule has 390 valence electrons. The van der Waals surface area contributed by atoms with Crippen molar-refractivity contribution in [2.45, 2.75) is 102 Å². The van der Waals surface area contributed by atoms with Crippen molar-refractivity contribution in [2.75, 3.05) is 33.2 Å². The first-order valence-corrected chi connectivity index (χ1v) is 25.3. The lowest BCUT2D eigenvalue weighted by Gasteiger charge is -2.36. The standard InChI is InChI=1S/C53H60FN9O10S/c1-29-45(74-28-57-29)32-12-10-31(11-13-32)38(59-48(69)40-23-34(64)27-63(40)50(71)46(52(2,3)4)60-51(72)53(54)18-19-53)25-43(66)56-26-44(67)55-20-21-62(5)49(70)36-16-14-33(22-41(36)65)42-24-39(61-73-42)47(68)58-37-17-15-30-8-6-7-9-35(30)37/h6-14,16,22,24,28,34,37-38,40,46,64-65H,15,17-21,23,25-27H2,1-5H3,(H,55,67)(H,56,66)(H,58,68)(H,59,69)(H,60,72)/t34-,37-,38?,40+,46?/m1/s1. The number of phenolic OH excluding ortho intramolecular Hbond substituents is 1. The number of alkyl halides is 1. The van der Waals surface area contributed by atoms with E-state index < -0.39 is 83.2 Å². The molecule has 7 N–H and O–H groups in total. The van der Waals surface area contributed by atoms with Crippen molar-refractivity contribution in [3.05, 3.63) is 112 Å². The van der Waals surface area contributed by atoms with Crippen LogP contribution >= 0.6 is 11.3 Å². The molecular weight excluding hydrogens is 974 g/mol. The molecule has 1 saturated carbocycles. The van der Waals surface area contributed by atoms with Crippen LogP contribution in [0.5, 0.6) is 5.75 Å². The van der Waals surface area contributed by atoms with Crippen molar-refractivity contribution in [1.29, 1.82) is 0 Å². The molecule has 3 aromatic carbocycles. The van der Waals surface area contributed by atoms with Gasteiger partial charge in [-0.2, -0.15) is 0 Å². The summed E-state index contributed by atoms with van der Waals surface area (Å²) < 4.78 is 20.2. The molecule has 74 heavy (non-hydrogen) atoms. The molecule has 7 amide bonds. The summed E-state index contributed by atoms with van der Waals surface area (Å²) in [5.74, 6) is -4.49. The number of nitrogens with one attached hydrogen (secondary N) is 5. The Kier molecular flexibility index (Phi) is 15.6. The van der Waals surface area contributed by atoms with E-state index >= 15 is 0 Å². The van der Waals surface area contributed by atoms with Crippen LogP contribution in [-0.4, -0.2) is 129 Å². The lowest BCUT2D eigenvalue weighted by Crippen LogP contribution is -2.59. The number of phenols is 1. The number of hydrogen-bond donors (Lipinski definition) is 7. The molecule has 2 fully saturated rings. The van der Waals surface area contributed by atoms with Gasteiger partial charge in [-0.3, -0.25) is 33.6 Å². The van der Waals surface area contributed by atoms with E-state index in [2.05, 4.69) is 36.7 Å². The maximum absolute atomic E-state index is 14.7. The fourth-order valence-electron chi connectivity index (χ4n) is 9.18. The average Bonchev–Trinajstić information content (AvgIpc) is 3.85. The van der Waals surface area contributed by atoms with Crippen LogP contribution in [-0.2, 0) is 30.4 Å². The van der Waals surface area contributed by atoms with Gasteiger partial charge in [-0.05, 0) is 72.4 Å². The molecule has 0 radical (unpaired) electrons. The predicted molar refractivity (Wildman–Crippen MR) is 270 cm³/mol. The van der Waals surface area contributed by atoms with Crippen LogP contribution in [0.3, 0.4) is 0 Å². The lowest BCUT2D eigenvalue weighted by molar-refractivity contribution is -0.145. The van der Waals surface area contributed by atoms with Gasteiger partial charge in [-0.1, -0.05) is 80.5 Å². The van der Waals surface area contributed by atoms with Crippen molar-refractivity contribution >= 4 is 52.7 Å². The number of β-amino-alcohol motifs (C(OH)–C–C–N with tert-alkyl or cyclic N) is 1. The highest BCUT2D eigenvalue weighted by atomic mass is 32.1. The Balaban J connectivity index is 0.845.